The zero-order valence-electron chi connectivity index (χ0n) is 15.7. The molecule has 1 saturated heterocycles. The summed E-state index contributed by atoms with van der Waals surface area (Å²) in [6.07, 6.45) is 4.73. The molecule has 7 heteroatoms. The van der Waals surface area contributed by atoms with Crippen LogP contribution in [0, 0.1) is 0 Å². The van der Waals surface area contributed by atoms with Gasteiger partial charge in [-0.2, -0.15) is 0 Å². The minimum atomic E-state index is -0.201. The molecule has 0 atom stereocenters. The molecule has 2 amide bonds. The Morgan fingerprint density at radius 1 is 1.23 bits per heavy atom. The fourth-order valence-electron chi connectivity index (χ4n) is 2.92. The van der Waals surface area contributed by atoms with E-state index in [1.165, 1.54) is 25.7 Å². The largest absolute Gasteiger partial charge is 0.334 e. The third-order valence-electron chi connectivity index (χ3n) is 4.44. The maximum Gasteiger partial charge on any atom is 0.328 e. The van der Waals surface area contributed by atoms with Crippen molar-refractivity contribution in [3.05, 3.63) is 29.3 Å². The Hall–Kier alpha value is -1.37. The Morgan fingerprint density at radius 2 is 1.92 bits per heavy atom. The van der Waals surface area contributed by atoms with Gasteiger partial charge < -0.3 is 10.2 Å². The molecule has 0 bridgehead atoms. The standard InChI is InChI=1S/C19H29ClN4OS/c1-3-5-10-22(11-6-4-2)15-23-12-13-24(19(23)26)18(25)21-17-9-7-8-16(20)14-17/h7-9,14H,3-6,10-13,15H2,1-2H3,(H,21,25). The van der Waals surface area contributed by atoms with Crippen LogP contribution in [0.3, 0.4) is 0 Å². The number of carbonyl (C=O) groups is 1. The molecule has 144 valence electrons. The van der Waals surface area contributed by atoms with Crippen LogP contribution in [0.15, 0.2) is 24.3 Å². The van der Waals surface area contributed by atoms with Crippen molar-refractivity contribution in [2.45, 2.75) is 39.5 Å². The first-order chi connectivity index (χ1) is 12.5. The highest BCUT2D eigenvalue weighted by molar-refractivity contribution is 7.80. The Kier molecular flexibility index (Phi) is 8.62. The summed E-state index contributed by atoms with van der Waals surface area (Å²) in [5.74, 6) is 0. The second-order valence-corrected chi connectivity index (χ2v) is 7.41. The van der Waals surface area contributed by atoms with Crippen LogP contribution in [0.2, 0.25) is 5.02 Å². The highest BCUT2D eigenvalue weighted by Crippen LogP contribution is 2.17. The van der Waals surface area contributed by atoms with Gasteiger partial charge in [-0.25, -0.2) is 4.79 Å². The number of hydrogen-bond acceptors (Lipinski definition) is 3. The van der Waals surface area contributed by atoms with Gasteiger partial charge in [0, 0.05) is 23.8 Å². The second kappa shape index (κ2) is 10.7. The molecular weight excluding hydrogens is 368 g/mol. The van der Waals surface area contributed by atoms with Gasteiger partial charge in [-0.1, -0.05) is 44.4 Å². The Balaban J connectivity index is 1.91. The summed E-state index contributed by atoms with van der Waals surface area (Å²) in [4.78, 5) is 18.8. The predicted octanol–water partition coefficient (Wildman–Crippen LogP) is 4.63. The molecule has 0 unspecified atom stereocenters. The van der Waals surface area contributed by atoms with Gasteiger partial charge in [-0.3, -0.25) is 9.80 Å². The molecule has 0 radical (unpaired) electrons. The van der Waals surface area contributed by atoms with Crippen LogP contribution < -0.4 is 5.32 Å². The molecule has 0 aromatic heterocycles. The summed E-state index contributed by atoms with van der Waals surface area (Å²) in [7, 11) is 0. The van der Waals surface area contributed by atoms with Crippen LogP contribution in [0.4, 0.5) is 10.5 Å². The van der Waals surface area contributed by atoms with Gasteiger partial charge in [0.15, 0.2) is 5.11 Å². The van der Waals surface area contributed by atoms with Crippen LogP contribution in [-0.4, -0.2) is 58.7 Å². The number of amides is 2. The molecule has 1 fully saturated rings. The predicted molar refractivity (Wildman–Crippen MR) is 113 cm³/mol. The Bertz CT molecular complexity index is 605. The van der Waals surface area contributed by atoms with Crippen molar-refractivity contribution in [2.24, 2.45) is 0 Å². The highest BCUT2D eigenvalue weighted by atomic mass is 35.5. The Morgan fingerprint density at radius 3 is 2.54 bits per heavy atom. The van der Waals surface area contributed by atoms with Crippen molar-refractivity contribution in [2.75, 3.05) is 38.2 Å². The molecule has 1 heterocycles. The molecule has 0 spiro atoms. The number of rotatable bonds is 9. The number of anilines is 1. The third-order valence-corrected chi connectivity index (χ3v) is 5.16. The number of urea groups is 1. The molecule has 1 aromatic carbocycles. The molecule has 1 aromatic rings. The number of nitrogens with one attached hydrogen (secondary N) is 1. The van der Waals surface area contributed by atoms with E-state index in [0.29, 0.717) is 22.4 Å². The van der Waals surface area contributed by atoms with E-state index in [0.717, 1.165) is 26.3 Å². The summed E-state index contributed by atoms with van der Waals surface area (Å²) >= 11 is 11.5. The van der Waals surface area contributed by atoms with Crippen LogP contribution in [0.25, 0.3) is 0 Å². The molecule has 1 aliphatic heterocycles. The fraction of sp³-hybridized carbons (Fsp3) is 0.579. The van der Waals surface area contributed by atoms with Crippen molar-refractivity contribution in [3.8, 4) is 0 Å². The lowest BCUT2D eigenvalue weighted by atomic mass is 10.3. The highest BCUT2D eigenvalue weighted by Gasteiger charge is 2.30. The van der Waals surface area contributed by atoms with E-state index in [4.69, 9.17) is 23.8 Å². The van der Waals surface area contributed by atoms with Gasteiger partial charge in [-0.15, -0.1) is 0 Å². The summed E-state index contributed by atoms with van der Waals surface area (Å²) < 4.78 is 0. The van der Waals surface area contributed by atoms with E-state index in [-0.39, 0.29) is 6.03 Å². The molecular formula is C19H29ClN4OS. The van der Waals surface area contributed by atoms with Crippen LogP contribution >= 0.6 is 23.8 Å². The van der Waals surface area contributed by atoms with E-state index in [9.17, 15) is 4.79 Å². The third kappa shape index (κ3) is 6.11. The minimum Gasteiger partial charge on any atom is -0.334 e. The molecule has 0 saturated carbocycles. The number of benzene rings is 1. The number of nitrogens with zero attached hydrogens (tertiary/aromatic N) is 3. The molecule has 5 nitrogen and oxygen atoms in total. The van der Waals surface area contributed by atoms with Crippen molar-refractivity contribution in [1.82, 2.24) is 14.7 Å². The fourth-order valence-corrected chi connectivity index (χ4v) is 3.43. The van der Waals surface area contributed by atoms with E-state index in [1.54, 1.807) is 17.0 Å². The summed E-state index contributed by atoms with van der Waals surface area (Å²) in [5, 5.41) is 4.07. The van der Waals surface area contributed by atoms with Crippen LogP contribution in [0.1, 0.15) is 39.5 Å². The normalized spacial score (nSPS) is 14.4. The summed E-state index contributed by atoms with van der Waals surface area (Å²) in [5.41, 5.74) is 0.677. The zero-order valence-corrected chi connectivity index (χ0v) is 17.3. The van der Waals surface area contributed by atoms with Gasteiger partial charge in [0.2, 0.25) is 0 Å². The quantitative estimate of drug-likeness (QED) is 0.617. The van der Waals surface area contributed by atoms with Gasteiger partial charge in [-0.05, 0) is 56.3 Å². The van der Waals surface area contributed by atoms with Gasteiger partial charge in [0.1, 0.15) is 0 Å². The number of unbranched alkanes of at least 4 members (excludes halogenated alkanes) is 2. The second-order valence-electron chi connectivity index (χ2n) is 6.60. The maximum atomic E-state index is 12.6. The molecule has 1 N–H and O–H groups in total. The Labute approximate surface area is 167 Å². The molecule has 1 aliphatic rings. The smallest absolute Gasteiger partial charge is 0.328 e. The van der Waals surface area contributed by atoms with Gasteiger partial charge in [0.25, 0.3) is 0 Å². The van der Waals surface area contributed by atoms with Crippen LogP contribution in [-0.2, 0) is 0 Å². The monoisotopic (exact) mass is 396 g/mol. The van der Waals surface area contributed by atoms with Crippen molar-refractivity contribution >= 4 is 40.6 Å². The first-order valence-electron chi connectivity index (χ1n) is 9.40. The first-order valence-corrected chi connectivity index (χ1v) is 10.2. The van der Waals surface area contributed by atoms with E-state index < -0.39 is 0 Å². The van der Waals surface area contributed by atoms with Crippen LogP contribution in [0.5, 0.6) is 0 Å². The van der Waals surface area contributed by atoms with Gasteiger partial charge >= 0.3 is 6.03 Å². The number of halogens is 1. The zero-order chi connectivity index (χ0) is 18.9. The summed E-state index contributed by atoms with van der Waals surface area (Å²) in [6, 6.07) is 6.94. The number of carbonyl (C=O) groups excluding carboxylic acids is 1. The van der Waals surface area contributed by atoms with E-state index >= 15 is 0 Å². The lowest BCUT2D eigenvalue weighted by Crippen LogP contribution is -2.43. The van der Waals surface area contributed by atoms with Gasteiger partial charge in [0.05, 0.1) is 6.67 Å². The molecule has 0 aliphatic carbocycles. The number of hydrogen-bond donors (Lipinski definition) is 1. The molecule has 26 heavy (non-hydrogen) atoms. The average Bonchev–Trinajstić information content (AvgIpc) is 2.98. The van der Waals surface area contributed by atoms with E-state index in [2.05, 4.69) is 29.0 Å². The van der Waals surface area contributed by atoms with Crippen molar-refractivity contribution < 1.29 is 4.79 Å². The van der Waals surface area contributed by atoms with E-state index in [1.807, 2.05) is 12.1 Å². The average molecular weight is 397 g/mol. The van der Waals surface area contributed by atoms with Crippen molar-refractivity contribution in [1.29, 1.82) is 0 Å². The minimum absolute atomic E-state index is 0.201. The number of thiocarbonyl (C=S) groups is 1. The maximum absolute atomic E-state index is 12.6. The lowest BCUT2D eigenvalue weighted by molar-refractivity contribution is 0.191. The topological polar surface area (TPSA) is 38.8 Å². The molecule has 2 rings (SSSR count). The first kappa shape index (κ1) is 20.9. The summed E-state index contributed by atoms with van der Waals surface area (Å²) in [6.45, 7) is 8.74. The SMILES string of the molecule is CCCCN(CCCC)CN1CCN(C(=O)Nc2cccc(Cl)c2)C1=S. The lowest BCUT2D eigenvalue weighted by Gasteiger charge is -2.29. The van der Waals surface area contributed by atoms with Crippen molar-refractivity contribution in [3.63, 3.8) is 0 Å².